The Bertz CT molecular complexity index is 668. The van der Waals surface area contributed by atoms with Crippen molar-refractivity contribution >= 4 is 39.1 Å². The van der Waals surface area contributed by atoms with E-state index in [9.17, 15) is 4.39 Å². The zero-order valence-corrected chi connectivity index (χ0v) is 12.9. The molecular weight excluding hydrogens is 339 g/mol. The molecule has 0 fully saturated rings. The number of hydrogen-bond acceptors (Lipinski definition) is 3. The van der Waals surface area contributed by atoms with Crippen LogP contribution >= 0.6 is 28.3 Å². The first-order chi connectivity index (χ1) is 9.31. The third kappa shape index (κ3) is 3.43. The van der Waals surface area contributed by atoms with Gasteiger partial charge in [-0.15, -0.1) is 28.3 Å². The van der Waals surface area contributed by atoms with Gasteiger partial charge < -0.3 is 5.32 Å². The Kier molecular flexibility index (Phi) is 4.87. The van der Waals surface area contributed by atoms with Gasteiger partial charge in [-0.1, -0.05) is 30.3 Å². The lowest BCUT2D eigenvalue weighted by Gasteiger charge is -2.01. The number of hydrogen-bond donors (Lipinski definition) is 1. The van der Waals surface area contributed by atoms with Crippen LogP contribution < -0.4 is 5.32 Å². The van der Waals surface area contributed by atoms with Crippen LogP contribution in [0.2, 0.25) is 0 Å². The maximum atomic E-state index is 12.8. The van der Waals surface area contributed by atoms with Gasteiger partial charge in [0.2, 0.25) is 0 Å². The van der Waals surface area contributed by atoms with Gasteiger partial charge in [0.15, 0.2) is 5.13 Å². The molecular formula is C15H12BrFN2S. The number of rotatable bonds is 3. The third-order valence-electron chi connectivity index (χ3n) is 2.67. The molecule has 1 heterocycles. The Morgan fingerprint density at radius 1 is 0.950 bits per heavy atom. The molecule has 0 spiro atoms. The zero-order valence-electron chi connectivity index (χ0n) is 10.4. The van der Waals surface area contributed by atoms with Crippen LogP contribution in [0.25, 0.3) is 11.3 Å². The van der Waals surface area contributed by atoms with E-state index in [0.717, 1.165) is 22.1 Å². The largest absolute Gasteiger partial charge is 0.332 e. The highest BCUT2D eigenvalue weighted by Gasteiger charge is 2.04. The van der Waals surface area contributed by atoms with E-state index < -0.39 is 0 Å². The maximum Gasteiger partial charge on any atom is 0.187 e. The van der Waals surface area contributed by atoms with Gasteiger partial charge in [-0.05, 0) is 24.3 Å². The Morgan fingerprint density at radius 2 is 1.65 bits per heavy atom. The second-order valence-electron chi connectivity index (χ2n) is 4.04. The van der Waals surface area contributed by atoms with Crippen LogP contribution in [0.3, 0.4) is 0 Å². The van der Waals surface area contributed by atoms with Crippen molar-refractivity contribution < 1.29 is 4.39 Å². The lowest BCUT2D eigenvalue weighted by molar-refractivity contribution is 0.628. The van der Waals surface area contributed by atoms with Gasteiger partial charge in [0.1, 0.15) is 5.82 Å². The van der Waals surface area contributed by atoms with Crippen molar-refractivity contribution in [3.8, 4) is 11.3 Å². The molecule has 3 aromatic rings. The molecule has 2 aromatic carbocycles. The Labute approximate surface area is 131 Å². The van der Waals surface area contributed by atoms with Crippen LogP contribution in [0.4, 0.5) is 15.2 Å². The monoisotopic (exact) mass is 350 g/mol. The summed E-state index contributed by atoms with van der Waals surface area (Å²) < 4.78 is 12.8. The number of aromatic nitrogens is 1. The molecule has 1 aromatic heterocycles. The molecule has 0 aliphatic heterocycles. The van der Waals surface area contributed by atoms with Crippen LogP contribution in [0.15, 0.2) is 60.0 Å². The second-order valence-corrected chi connectivity index (χ2v) is 4.89. The lowest BCUT2D eigenvalue weighted by Crippen LogP contribution is -1.89. The summed E-state index contributed by atoms with van der Waals surface area (Å²) in [6.07, 6.45) is 0. The molecule has 0 aliphatic carbocycles. The molecule has 20 heavy (non-hydrogen) atoms. The predicted molar refractivity (Wildman–Crippen MR) is 87.6 cm³/mol. The first kappa shape index (κ1) is 14.7. The maximum absolute atomic E-state index is 12.8. The van der Waals surface area contributed by atoms with Gasteiger partial charge in [-0.2, -0.15) is 0 Å². The van der Waals surface area contributed by atoms with E-state index in [-0.39, 0.29) is 22.8 Å². The second kappa shape index (κ2) is 6.63. The highest BCUT2D eigenvalue weighted by atomic mass is 79.9. The minimum Gasteiger partial charge on any atom is -0.332 e. The predicted octanol–water partition coefficient (Wildman–Crippen LogP) is 5.27. The van der Waals surface area contributed by atoms with Crippen molar-refractivity contribution in [2.75, 3.05) is 5.32 Å². The van der Waals surface area contributed by atoms with Gasteiger partial charge in [0, 0.05) is 16.6 Å². The van der Waals surface area contributed by atoms with Gasteiger partial charge in [0.25, 0.3) is 0 Å². The molecule has 0 radical (unpaired) electrons. The summed E-state index contributed by atoms with van der Waals surface area (Å²) in [5.74, 6) is -0.241. The molecule has 1 N–H and O–H groups in total. The Morgan fingerprint density at radius 3 is 2.35 bits per heavy atom. The van der Waals surface area contributed by atoms with Crippen LogP contribution in [0, 0.1) is 5.82 Å². The summed E-state index contributed by atoms with van der Waals surface area (Å²) in [6.45, 7) is 0. The number of nitrogens with one attached hydrogen (secondary N) is 1. The molecule has 0 amide bonds. The summed E-state index contributed by atoms with van der Waals surface area (Å²) in [6, 6.07) is 16.2. The Hall–Kier alpha value is -1.72. The first-order valence-electron chi connectivity index (χ1n) is 5.85. The fraction of sp³-hybridized carbons (Fsp3) is 0. The van der Waals surface area contributed by atoms with Crippen molar-refractivity contribution in [2.45, 2.75) is 0 Å². The van der Waals surface area contributed by atoms with Crippen molar-refractivity contribution in [1.29, 1.82) is 0 Å². The highest BCUT2D eigenvalue weighted by Crippen LogP contribution is 2.26. The standard InChI is InChI=1S/C15H11FN2S.BrH/c16-12-6-8-13(9-7-12)17-15-18-14(10-19-15)11-4-2-1-3-5-11;/h1-10H,(H,17,18);1H. The third-order valence-corrected chi connectivity index (χ3v) is 3.43. The number of benzene rings is 2. The van der Waals surface area contributed by atoms with Gasteiger partial charge in [0.05, 0.1) is 5.69 Å². The molecule has 0 atom stereocenters. The highest BCUT2D eigenvalue weighted by molar-refractivity contribution is 8.93. The number of halogens is 2. The molecule has 0 bridgehead atoms. The van der Waals surface area contributed by atoms with Gasteiger partial charge >= 0.3 is 0 Å². The minimum absolute atomic E-state index is 0. The van der Waals surface area contributed by atoms with E-state index in [0.29, 0.717) is 0 Å². The summed E-state index contributed by atoms with van der Waals surface area (Å²) in [4.78, 5) is 4.51. The number of nitrogens with zero attached hydrogens (tertiary/aromatic N) is 1. The Balaban J connectivity index is 0.00000147. The summed E-state index contributed by atoms with van der Waals surface area (Å²) >= 11 is 1.53. The SMILES string of the molecule is Br.Fc1ccc(Nc2nc(-c3ccccc3)cs2)cc1. The average Bonchev–Trinajstić information content (AvgIpc) is 2.91. The van der Waals surface area contributed by atoms with E-state index in [1.54, 1.807) is 12.1 Å². The molecule has 0 saturated heterocycles. The summed E-state index contributed by atoms with van der Waals surface area (Å²) in [5.41, 5.74) is 2.86. The first-order valence-corrected chi connectivity index (χ1v) is 6.73. The fourth-order valence-corrected chi connectivity index (χ4v) is 2.47. The number of thiazole rings is 1. The van der Waals surface area contributed by atoms with Gasteiger partial charge in [-0.25, -0.2) is 9.37 Å². The molecule has 0 unspecified atom stereocenters. The molecule has 2 nitrogen and oxygen atoms in total. The van der Waals surface area contributed by atoms with Crippen LogP contribution in [-0.2, 0) is 0 Å². The quantitative estimate of drug-likeness (QED) is 0.695. The lowest BCUT2D eigenvalue weighted by atomic mass is 10.2. The molecule has 102 valence electrons. The van der Waals surface area contributed by atoms with Crippen molar-refractivity contribution in [3.05, 3.63) is 65.8 Å². The van der Waals surface area contributed by atoms with E-state index in [1.165, 1.54) is 23.5 Å². The normalized spacial score (nSPS) is 9.85. The molecule has 5 heteroatoms. The van der Waals surface area contributed by atoms with Crippen molar-refractivity contribution in [2.24, 2.45) is 0 Å². The van der Waals surface area contributed by atoms with Crippen LogP contribution in [0.5, 0.6) is 0 Å². The smallest absolute Gasteiger partial charge is 0.187 e. The topological polar surface area (TPSA) is 24.9 Å². The van der Waals surface area contributed by atoms with E-state index >= 15 is 0 Å². The number of anilines is 2. The average molecular weight is 351 g/mol. The van der Waals surface area contributed by atoms with Crippen LogP contribution in [-0.4, -0.2) is 4.98 Å². The molecule has 0 aliphatic rings. The van der Waals surface area contributed by atoms with E-state index in [2.05, 4.69) is 10.3 Å². The fourth-order valence-electron chi connectivity index (χ4n) is 1.73. The van der Waals surface area contributed by atoms with E-state index in [1.807, 2.05) is 35.7 Å². The van der Waals surface area contributed by atoms with Gasteiger partial charge in [-0.3, -0.25) is 0 Å². The van der Waals surface area contributed by atoms with E-state index in [4.69, 9.17) is 0 Å². The minimum atomic E-state index is -0.241. The van der Waals surface area contributed by atoms with Crippen molar-refractivity contribution in [3.63, 3.8) is 0 Å². The summed E-state index contributed by atoms with van der Waals surface area (Å²) in [7, 11) is 0. The van der Waals surface area contributed by atoms with Crippen molar-refractivity contribution in [1.82, 2.24) is 4.98 Å². The molecule has 3 rings (SSSR count). The summed E-state index contributed by atoms with van der Waals surface area (Å²) in [5, 5.41) is 5.96. The van der Waals surface area contributed by atoms with Crippen LogP contribution in [0.1, 0.15) is 0 Å². The molecule has 0 saturated carbocycles. The zero-order chi connectivity index (χ0) is 13.1.